The lowest BCUT2D eigenvalue weighted by atomic mass is 9.99. The molecular weight excluding hydrogens is 709 g/mol. The minimum Gasteiger partial charge on any atom is -0.455 e. The zero-order chi connectivity index (χ0) is 38.4. The van der Waals surface area contributed by atoms with E-state index in [1.807, 2.05) is 60.7 Å². The Labute approximate surface area is 335 Å². The van der Waals surface area contributed by atoms with Crippen molar-refractivity contribution in [2.75, 3.05) is 4.90 Å². The van der Waals surface area contributed by atoms with Gasteiger partial charge in [-0.3, -0.25) is 0 Å². The number of hydrogen-bond acceptors (Lipinski definition) is 5. The average molecular weight is 743 g/mol. The molecule has 0 saturated carbocycles. The predicted molar refractivity (Wildman–Crippen MR) is 239 cm³/mol. The number of furan rings is 1. The molecule has 9 aromatic carbocycles. The first kappa shape index (κ1) is 33.4. The van der Waals surface area contributed by atoms with Gasteiger partial charge in [0.15, 0.2) is 17.5 Å². The van der Waals surface area contributed by atoms with Crippen LogP contribution in [0.1, 0.15) is 0 Å². The van der Waals surface area contributed by atoms with Crippen LogP contribution >= 0.6 is 0 Å². The van der Waals surface area contributed by atoms with E-state index in [1.165, 1.54) is 21.9 Å². The van der Waals surface area contributed by atoms with Crippen molar-refractivity contribution in [2.45, 2.75) is 0 Å². The van der Waals surface area contributed by atoms with Crippen LogP contribution in [0, 0.1) is 0 Å². The number of hydrogen-bond donors (Lipinski definition) is 0. The van der Waals surface area contributed by atoms with Crippen LogP contribution in [0.3, 0.4) is 0 Å². The maximum absolute atomic E-state index is 6.89. The van der Waals surface area contributed by atoms with Gasteiger partial charge in [0.05, 0.1) is 5.56 Å². The van der Waals surface area contributed by atoms with Gasteiger partial charge in [-0.15, -0.1) is 0 Å². The summed E-state index contributed by atoms with van der Waals surface area (Å²) in [6, 6.07) is 71.8. The number of anilines is 3. The van der Waals surface area contributed by atoms with Crippen molar-refractivity contribution in [1.82, 2.24) is 15.0 Å². The van der Waals surface area contributed by atoms with Gasteiger partial charge in [0.25, 0.3) is 0 Å². The number of benzene rings is 9. The molecule has 5 heteroatoms. The first-order chi connectivity index (χ1) is 28.7. The van der Waals surface area contributed by atoms with E-state index in [4.69, 9.17) is 19.4 Å². The normalized spacial score (nSPS) is 11.4. The summed E-state index contributed by atoms with van der Waals surface area (Å²) in [5.74, 6) is 1.76. The topological polar surface area (TPSA) is 55.1 Å². The molecule has 2 heterocycles. The van der Waals surface area contributed by atoms with Crippen LogP contribution in [-0.4, -0.2) is 15.0 Å². The molecule has 0 amide bonds. The molecule has 58 heavy (non-hydrogen) atoms. The Kier molecular flexibility index (Phi) is 8.07. The van der Waals surface area contributed by atoms with Crippen molar-refractivity contribution < 1.29 is 4.42 Å². The Morgan fingerprint density at radius 1 is 0.345 bits per heavy atom. The van der Waals surface area contributed by atoms with Crippen LogP contribution in [0.15, 0.2) is 211 Å². The molecule has 0 saturated heterocycles. The third-order valence-corrected chi connectivity index (χ3v) is 10.9. The van der Waals surface area contributed by atoms with E-state index in [0.29, 0.717) is 17.5 Å². The molecule has 0 spiro atoms. The SMILES string of the molecule is c1ccc(-c2ccc(N(c3ccc4ccccc4c3)c3ccc4oc5c(-c6nc(-c7ccccc7)nc(-c7ccccc7)n6)cc6ccccc6c5c4c3)cc2)cc1. The molecule has 0 aliphatic heterocycles. The third kappa shape index (κ3) is 5.94. The van der Waals surface area contributed by atoms with Gasteiger partial charge in [-0.1, -0.05) is 158 Å². The van der Waals surface area contributed by atoms with E-state index in [0.717, 1.165) is 66.5 Å². The van der Waals surface area contributed by atoms with Crippen LogP contribution < -0.4 is 4.90 Å². The highest BCUT2D eigenvalue weighted by Crippen LogP contribution is 2.44. The van der Waals surface area contributed by atoms with Crippen molar-refractivity contribution in [2.24, 2.45) is 0 Å². The fraction of sp³-hybridized carbons (Fsp3) is 0. The first-order valence-corrected chi connectivity index (χ1v) is 19.4. The van der Waals surface area contributed by atoms with Gasteiger partial charge in [-0.2, -0.15) is 0 Å². The largest absolute Gasteiger partial charge is 0.455 e. The third-order valence-electron chi connectivity index (χ3n) is 10.9. The number of nitrogens with zero attached hydrogens (tertiary/aromatic N) is 4. The van der Waals surface area contributed by atoms with Crippen molar-refractivity contribution in [3.05, 3.63) is 206 Å². The Morgan fingerprint density at radius 2 is 0.862 bits per heavy atom. The second-order valence-corrected chi connectivity index (χ2v) is 14.4. The van der Waals surface area contributed by atoms with Gasteiger partial charge in [0, 0.05) is 39.0 Å². The summed E-state index contributed by atoms with van der Waals surface area (Å²) in [5.41, 5.74) is 9.66. The Bertz CT molecular complexity index is 3210. The summed E-state index contributed by atoms with van der Waals surface area (Å²) in [4.78, 5) is 17.5. The Hall–Kier alpha value is -7.89. The molecule has 0 aliphatic carbocycles. The summed E-state index contributed by atoms with van der Waals surface area (Å²) in [6.07, 6.45) is 0. The molecule has 0 N–H and O–H groups in total. The lowest BCUT2D eigenvalue weighted by Gasteiger charge is -2.26. The Balaban J connectivity index is 1.13. The zero-order valence-electron chi connectivity index (χ0n) is 31.3. The highest BCUT2D eigenvalue weighted by atomic mass is 16.3. The minimum absolute atomic E-state index is 0.555. The van der Waals surface area contributed by atoms with Gasteiger partial charge in [-0.25, -0.2) is 15.0 Å². The molecule has 11 rings (SSSR count). The van der Waals surface area contributed by atoms with E-state index in [1.54, 1.807) is 0 Å². The van der Waals surface area contributed by atoms with E-state index in [-0.39, 0.29) is 0 Å². The monoisotopic (exact) mass is 742 g/mol. The molecule has 0 bridgehead atoms. The molecule has 0 aliphatic rings. The quantitative estimate of drug-likeness (QED) is 0.163. The average Bonchev–Trinajstić information content (AvgIpc) is 3.69. The van der Waals surface area contributed by atoms with Gasteiger partial charge in [-0.05, 0) is 81.2 Å². The summed E-state index contributed by atoms with van der Waals surface area (Å²) < 4.78 is 6.89. The van der Waals surface area contributed by atoms with Crippen molar-refractivity contribution in [1.29, 1.82) is 0 Å². The summed E-state index contributed by atoms with van der Waals surface area (Å²) in [5, 5.41) is 6.58. The number of fused-ring (bicyclic) bond motifs is 6. The smallest absolute Gasteiger partial charge is 0.167 e. The minimum atomic E-state index is 0.555. The van der Waals surface area contributed by atoms with Crippen LogP contribution in [-0.2, 0) is 0 Å². The standard InChI is InChI=1S/C53H34N4O/c1-4-14-35(15-5-1)37-24-27-42(28-25-37)57(43-29-26-36-16-10-11-21-40(36)32-43)44-30-31-48-46(34-44)49-45-23-13-12-22-41(45)33-47(50(49)58-48)53-55-51(38-17-6-2-7-18-38)54-52(56-53)39-19-8-3-9-20-39/h1-34H. The molecule has 272 valence electrons. The molecule has 0 fully saturated rings. The molecule has 2 aromatic heterocycles. The van der Waals surface area contributed by atoms with Gasteiger partial charge < -0.3 is 9.32 Å². The second kappa shape index (κ2) is 14.0. The van der Waals surface area contributed by atoms with Gasteiger partial charge >= 0.3 is 0 Å². The number of rotatable bonds is 7. The maximum Gasteiger partial charge on any atom is 0.167 e. The van der Waals surface area contributed by atoms with Crippen molar-refractivity contribution in [3.8, 4) is 45.3 Å². The molecule has 0 atom stereocenters. The van der Waals surface area contributed by atoms with E-state index in [9.17, 15) is 0 Å². The Morgan fingerprint density at radius 3 is 1.55 bits per heavy atom. The first-order valence-electron chi connectivity index (χ1n) is 19.4. The molecule has 11 aromatic rings. The van der Waals surface area contributed by atoms with E-state index >= 15 is 0 Å². The summed E-state index contributed by atoms with van der Waals surface area (Å²) in [7, 11) is 0. The van der Waals surface area contributed by atoms with Crippen LogP contribution in [0.25, 0.3) is 88.8 Å². The van der Waals surface area contributed by atoms with Crippen molar-refractivity contribution in [3.63, 3.8) is 0 Å². The molecular formula is C53H34N4O. The zero-order valence-corrected chi connectivity index (χ0v) is 31.3. The van der Waals surface area contributed by atoms with Crippen LogP contribution in [0.5, 0.6) is 0 Å². The summed E-state index contributed by atoms with van der Waals surface area (Å²) in [6.45, 7) is 0. The highest BCUT2D eigenvalue weighted by molar-refractivity contribution is 6.22. The highest BCUT2D eigenvalue weighted by Gasteiger charge is 2.22. The van der Waals surface area contributed by atoms with Gasteiger partial charge in [0.1, 0.15) is 11.2 Å². The van der Waals surface area contributed by atoms with E-state index in [2.05, 4.69) is 150 Å². The fourth-order valence-corrected chi connectivity index (χ4v) is 8.05. The molecule has 5 nitrogen and oxygen atoms in total. The fourth-order valence-electron chi connectivity index (χ4n) is 8.05. The van der Waals surface area contributed by atoms with Crippen molar-refractivity contribution >= 4 is 60.5 Å². The second-order valence-electron chi connectivity index (χ2n) is 14.4. The number of aromatic nitrogens is 3. The van der Waals surface area contributed by atoms with Gasteiger partial charge in [0.2, 0.25) is 0 Å². The van der Waals surface area contributed by atoms with Crippen LogP contribution in [0.4, 0.5) is 17.1 Å². The molecule has 0 radical (unpaired) electrons. The maximum atomic E-state index is 6.89. The summed E-state index contributed by atoms with van der Waals surface area (Å²) >= 11 is 0. The molecule has 0 unspecified atom stereocenters. The lowest BCUT2D eigenvalue weighted by Crippen LogP contribution is -2.09. The predicted octanol–water partition coefficient (Wildman–Crippen LogP) is 14.2. The lowest BCUT2D eigenvalue weighted by molar-refractivity contribution is 0.670. The van der Waals surface area contributed by atoms with Crippen LogP contribution in [0.2, 0.25) is 0 Å². The van der Waals surface area contributed by atoms with E-state index < -0.39 is 0 Å².